The fourth-order valence-electron chi connectivity index (χ4n) is 2.14. The molecule has 3 aromatic rings. The monoisotopic (exact) mass is 354 g/mol. The summed E-state index contributed by atoms with van der Waals surface area (Å²) in [4.78, 5) is 16.4. The molecule has 1 heterocycles. The fourth-order valence-corrected chi connectivity index (χ4v) is 2.70. The molecular formula is C14H9BrF2N2O2. The lowest BCUT2D eigenvalue weighted by Crippen LogP contribution is -2.02. The predicted molar refractivity (Wildman–Crippen MR) is 77.0 cm³/mol. The van der Waals surface area contributed by atoms with Crippen molar-refractivity contribution in [2.45, 2.75) is 6.10 Å². The molecule has 0 amide bonds. The van der Waals surface area contributed by atoms with Crippen molar-refractivity contribution in [3.8, 4) is 0 Å². The van der Waals surface area contributed by atoms with Crippen molar-refractivity contribution in [1.82, 2.24) is 9.97 Å². The molecule has 0 saturated carbocycles. The molecule has 3 rings (SSSR count). The van der Waals surface area contributed by atoms with Gasteiger partial charge in [-0.15, -0.1) is 0 Å². The van der Waals surface area contributed by atoms with Gasteiger partial charge in [0.05, 0.1) is 11.0 Å². The van der Waals surface area contributed by atoms with Gasteiger partial charge in [-0.25, -0.2) is 13.6 Å². The topological polar surface area (TPSA) is 68.9 Å². The molecule has 1 unspecified atom stereocenters. The van der Waals surface area contributed by atoms with E-state index < -0.39 is 17.7 Å². The SMILES string of the molecule is O=c1[nH]c2cc(Br)c(C(O)c3ccc(F)c(F)c3)cc2[nH]1. The first-order valence-corrected chi connectivity index (χ1v) is 6.79. The Bertz CT molecular complexity index is 888. The van der Waals surface area contributed by atoms with Crippen LogP contribution >= 0.6 is 15.9 Å². The zero-order valence-corrected chi connectivity index (χ0v) is 12.0. The Hall–Kier alpha value is -1.99. The minimum absolute atomic E-state index is 0.215. The van der Waals surface area contributed by atoms with Gasteiger partial charge in [0.1, 0.15) is 6.10 Å². The van der Waals surface area contributed by atoms with E-state index in [9.17, 15) is 18.7 Å². The molecule has 1 aromatic heterocycles. The van der Waals surface area contributed by atoms with Crippen LogP contribution < -0.4 is 5.69 Å². The van der Waals surface area contributed by atoms with Crippen molar-refractivity contribution in [2.24, 2.45) is 0 Å². The van der Waals surface area contributed by atoms with Crippen LogP contribution in [0.5, 0.6) is 0 Å². The van der Waals surface area contributed by atoms with E-state index >= 15 is 0 Å². The standard InChI is InChI=1S/C14H9BrF2N2O2/c15-8-5-12-11(18-14(21)19-12)4-7(8)13(20)6-1-2-9(16)10(17)3-6/h1-5,13,20H,(H2,18,19,21). The third-order valence-electron chi connectivity index (χ3n) is 3.19. The third kappa shape index (κ3) is 2.50. The number of hydrogen-bond acceptors (Lipinski definition) is 2. The van der Waals surface area contributed by atoms with Crippen LogP contribution in [-0.4, -0.2) is 15.1 Å². The van der Waals surface area contributed by atoms with E-state index in [0.29, 0.717) is 21.1 Å². The number of rotatable bonds is 2. The van der Waals surface area contributed by atoms with E-state index in [2.05, 4.69) is 25.9 Å². The molecule has 7 heteroatoms. The van der Waals surface area contributed by atoms with Gasteiger partial charge in [-0.3, -0.25) is 0 Å². The highest BCUT2D eigenvalue weighted by atomic mass is 79.9. The van der Waals surface area contributed by atoms with E-state index in [1.165, 1.54) is 6.07 Å². The van der Waals surface area contributed by atoms with Gasteiger partial charge in [-0.2, -0.15) is 0 Å². The minimum Gasteiger partial charge on any atom is -0.384 e. The van der Waals surface area contributed by atoms with Crippen molar-refractivity contribution < 1.29 is 13.9 Å². The molecule has 0 radical (unpaired) electrons. The molecule has 2 aromatic carbocycles. The Morgan fingerprint density at radius 2 is 1.71 bits per heavy atom. The zero-order chi connectivity index (χ0) is 15.1. The van der Waals surface area contributed by atoms with Gasteiger partial charge in [-0.1, -0.05) is 22.0 Å². The van der Waals surface area contributed by atoms with Gasteiger partial charge >= 0.3 is 5.69 Å². The Morgan fingerprint density at radius 1 is 1.05 bits per heavy atom. The first-order valence-electron chi connectivity index (χ1n) is 6.00. The first kappa shape index (κ1) is 14.0. The maximum atomic E-state index is 13.3. The normalized spacial score (nSPS) is 12.8. The van der Waals surface area contributed by atoms with Crippen LogP contribution in [0.25, 0.3) is 11.0 Å². The largest absolute Gasteiger partial charge is 0.384 e. The van der Waals surface area contributed by atoms with Crippen molar-refractivity contribution >= 4 is 27.0 Å². The number of imidazole rings is 1. The van der Waals surface area contributed by atoms with Gasteiger partial charge in [0.15, 0.2) is 11.6 Å². The van der Waals surface area contributed by atoms with Gasteiger partial charge in [0.25, 0.3) is 0 Å². The molecule has 0 saturated heterocycles. The summed E-state index contributed by atoms with van der Waals surface area (Å²) in [5, 5.41) is 10.3. The van der Waals surface area contributed by atoms with Gasteiger partial charge in [0, 0.05) is 10.0 Å². The summed E-state index contributed by atoms with van der Waals surface area (Å²) in [7, 11) is 0. The summed E-state index contributed by atoms with van der Waals surface area (Å²) in [5.41, 5.74) is 1.37. The van der Waals surface area contributed by atoms with Crippen LogP contribution in [0.15, 0.2) is 39.6 Å². The van der Waals surface area contributed by atoms with E-state index in [1.807, 2.05) is 0 Å². The summed E-state index contributed by atoms with van der Waals surface area (Å²) in [6, 6.07) is 6.41. The number of nitrogens with one attached hydrogen (secondary N) is 2. The number of halogens is 3. The smallest absolute Gasteiger partial charge is 0.323 e. The summed E-state index contributed by atoms with van der Waals surface area (Å²) in [5.74, 6) is -2.01. The number of aromatic amines is 2. The third-order valence-corrected chi connectivity index (χ3v) is 3.87. The second-order valence-electron chi connectivity index (χ2n) is 4.57. The summed E-state index contributed by atoms with van der Waals surface area (Å²) in [6.07, 6.45) is -1.16. The van der Waals surface area contributed by atoms with Crippen LogP contribution in [0.1, 0.15) is 17.2 Å². The van der Waals surface area contributed by atoms with Crippen LogP contribution in [0.2, 0.25) is 0 Å². The van der Waals surface area contributed by atoms with Gasteiger partial charge in [0.2, 0.25) is 0 Å². The number of aliphatic hydroxyl groups is 1. The summed E-state index contributed by atoms with van der Waals surface area (Å²) < 4.78 is 26.8. The molecule has 21 heavy (non-hydrogen) atoms. The number of H-pyrrole nitrogens is 2. The average molecular weight is 355 g/mol. The van der Waals surface area contributed by atoms with Crippen LogP contribution in [0.4, 0.5) is 8.78 Å². The highest BCUT2D eigenvalue weighted by molar-refractivity contribution is 9.10. The lowest BCUT2D eigenvalue weighted by molar-refractivity contribution is 0.219. The van der Waals surface area contributed by atoms with Crippen LogP contribution in [0.3, 0.4) is 0 Å². The number of hydrogen-bond donors (Lipinski definition) is 3. The molecule has 0 aliphatic carbocycles. The van der Waals surface area contributed by atoms with Crippen molar-refractivity contribution in [3.05, 3.63) is 68.1 Å². The molecule has 0 spiro atoms. The number of benzene rings is 2. The van der Waals surface area contributed by atoms with Gasteiger partial charge in [-0.05, 0) is 29.8 Å². The number of fused-ring (bicyclic) bond motifs is 1. The molecule has 0 aliphatic heterocycles. The number of aliphatic hydroxyl groups excluding tert-OH is 1. The minimum atomic E-state index is -1.16. The lowest BCUT2D eigenvalue weighted by atomic mass is 10.0. The number of aromatic nitrogens is 2. The summed E-state index contributed by atoms with van der Waals surface area (Å²) in [6.45, 7) is 0. The quantitative estimate of drug-likeness (QED) is 0.662. The van der Waals surface area contributed by atoms with E-state index in [4.69, 9.17) is 0 Å². The zero-order valence-electron chi connectivity index (χ0n) is 10.5. The second kappa shape index (κ2) is 5.09. The highest BCUT2D eigenvalue weighted by Crippen LogP contribution is 2.31. The highest BCUT2D eigenvalue weighted by Gasteiger charge is 2.17. The Kier molecular flexibility index (Phi) is 3.38. The fraction of sp³-hybridized carbons (Fsp3) is 0.0714. The van der Waals surface area contributed by atoms with Crippen molar-refractivity contribution in [3.63, 3.8) is 0 Å². The van der Waals surface area contributed by atoms with Crippen LogP contribution in [-0.2, 0) is 0 Å². The molecule has 1 atom stereocenters. The lowest BCUT2D eigenvalue weighted by Gasteiger charge is -2.14. The molecule has 0 bridgehead atoms. The van der Waals surface area contributed by atoms with Crippen molar-refractivity contribution in [2.75, 3.05) is 0 Å². The molecule has 108 valence electrons. The van der Waals surface area contributed by atoms with Crippen LogP contribution in [0, 0.1) is 11.6 Å². The first-order chi connectivity index (χ1) is 9.95. The predicted octanol–water partition coefficient (Wildman–Crippen LogP) is 2.98. The Balaban J connectivity index is 2.11. The Morgan fingerprint density at radius 3 is 2.38 bits per heavy atom. The molecule has 0 fully saturated rings. The maximum absolute atomic E-state index is 13.3. The van der Waals surface area contributed by atoms with Gasteiger partial charge < -0.3 is 15.1 Å². The second-order valence-corrected chi connectivity index (χ2v) is 5.43. The Labute approximate surface area is 125 Å². The van der Waals surface area contributed by atoms with E-state index in [0.717, 1.165) is 12.1 Å². The average Bonchev–Trinajstić information content (AvgIpc) is 2.79. The van der Waals surface area contributed by atoms with Crippen molar-refractivity contribution in [1.29, 1.82) is 0 Å². The molecule has 4 nitrogen and oxygen atoms in total. The molecule has 0 aliphatic rings. The van der Waals surface area contributed by atoms with E-state index in [-0.39, 0.29) is 11.3 Å². The van der Waals surface area contributed by atoms with E-state index in [1.54, 1.807) is 12.1 Å². The summed E-state index contributed by atoms with van der Waals surface area (Å²) >= 11 is 3.29. The molecule has 3 N–H and O–H groups in total. The maximum Gasteiger partial charge on any atom is 0.323 e. The molecular weight excluding hydrogens is 346 g/mol.